The minimum Gasteiger partial charge on any atom is -0.198 e. The zero-order chi connectivity index (χ0) is 14.1. The van der Waals surface area contributed by atoms with Crippen LogP contribution >= 0.6 is 0 Å². The molecule has 0 heterocycles. The van der Waals surface area contributed by atoms with Gasteiger partial charge in [-0.25, -0.2) is 0 Å². The Kier molecular flexibility index (Phi) is 7.26. The summed E-state index contributed by atoms with van der Waals surface area (Å²) in [6, 6.07) is 2.37. The minimum absolute atomic E-state index is 0.269. The van der Waals surface area contributed by atoms with Gasteiger partial charge in [0.1, 0.15) is 0 Å². The molecule has 0 saturated carbocycles. The van der Waals surface area contributed by atoms with Crippen molar-refractivity contribution in [2.75, 3.05) is 0 Å². The monoisotopic (exact) mass is 257 g/mol. The van der Waals surface area contributed by atoms with Crippen LogP contribution in [0.3, 0.4) is 0 Å². The molecule has 0 amide bonds. The van der Waals surface area contributed by atoms with Crippen LogP contribution < -0.4 is 0 Å². The first-order valence-corrected chi connectivity index (χ1v) is 7.48. The Balaban J connectivity index is 2.24. The summed E-state index contributed by atoms with van der Waals surface area (Å²) >= 11 is 0. The van der Waals surface area contributed by atoms with Gasteiger partial charge in [0, 0.05) is 0 Å². The van der Waals surface area contributed by atoms with Crippen LogP contribution in [0.2, 0.25) is 0 Å². The van der Waals surface area contributed by atoms with Crippen LogP contribution in [0.15, 0.2) is 34.9 Å². The second-order valence-corrected chi connectivity index (χ2v) is 5.87. The van der Waals surface area contributed by atoms with Gasteiger partial charge in [0.2, 0.25) is 0 Å². The van der Waals surface area contributed by atoms with Crippen molar-refractivity contribution in [3.05, 3.63) is 34.9 Å². The lowest BCUT2D eigenvalue weighted by Gasteiger charge is -2.15. The molecule has 0 spiro atoms. The zero-order valence-corrected chi connectivity index (χ0v) is 12.7. The molecule has 0 aromatic heterocycles. The molecule has 0 bridgehead atoms. The van der Waals surface area contributed by atoms with Crippen molar-refractivity contribution in [3.63, 3.8) is 0 Å². The highest BCUT2D eigenvalue weighted by atomic mass is 14.3. The number of rotatable bonds is 6. The summed E-state index contributed by atoms with van der Waals surface area (Å²) in [6.45, 7) is 6.55. The lowest BCUT2D eigenvalue weighted by atomic mass is 9.88. The Morgan fingerprint density at radius 3 is 2.68 bits per heavy atom. The Morgan fingerprint density at radius 1 is 1.32 bits per heavy atom. The van der Waals surface area contributed by atoms with E-state index in [1.54, 1.807) is 5.57 Å². The fourth-order valence-electron chi connectivity index (χ4n) is 2.43. The number of hydrogen-bond donors (Lipinski definition) is 0. The summed E-state index contributed by atoms with van der Waals surface area (Å²) in [5.41, 5.74) is 4.47. The van der Waals surface area contributed by atoms with Crippen LogP contribution in [-0.4, -0.2) is 0 Å². The number of hydrogen-bond acceptors (Lipinski definition) is 1. The van der Waals surface area contributed by atoms with Crippen molar-refractivity contribution >= 4 is 0 Å². The Hall–Kier alpha value is -1.29. The molecule has 0 radical (unpaired) electrons. The molecule has 0 N–H and O–H groups in total. The third kappa shape index (κ3) is 7.01. The van der Waals surface area contributed by atoms with Gasteiger partial charge in [-0.2, -0.15) is 5.26 Å². The number of allylic oxidation sites excluding steroid dienone is 6. The highest BCUT2D eigenvalue weighted by Gasteiger charge is 2.12. The zero-order valence-electron chi connectivity index (χ0n) is 12.7. The van der Waals surface area contributed by atoms with E-state index in [-0.39, 0.29) is 5.92 Å². The Morgan fingerprint density at radius 2 is 2.11 bits per heavy atom. The maximum Gasteiger partial charge on any atom is 0.0659 e. The van der Waals surface area contributed by atoms with Crippen molar-refractivity contribution < 1.29 is 0 Å². The Bertz CT molecular complexity index is 400. The van der Waals surface area contributed by atoms with E-state index in [2.05, 4.69) is 45.1 Å². The van der Waals surface area contributed by atoms with Gasteiger partial charge in [-0.05, 0) is 65.7 Å². The number of nitrogens with zero attached hydrogens (tertiary/aromatic N) is 1. The maximum absolute atomic E-state index is 8.85. The second-order valence-electron chi connectivity index (χ2n) is 5.87. The van der Waals surface area contributed by atoms with Crippen molar-refractivity contribution in [1.82, 2.24) is 0 Å². The van der Waals surface area contributed by atoms with Crippen molar-refractivity contribution in [2.45, 2.75) is 65.7 Å². The average Bonchev–Trinajstić information content (AvgIpc) is 2.39. The SMILES string of the molecule is CC(C)=CCCC(C)=CCCC1=CCC(C#N)CC1. The van der Waals surface area contributed by atoms with E-state index in [9.17, 15) is 0 Å². The third-order valence-electron chi connectivity index (χ3n) is 3.74. The van der Waals surface area contributed by atoms with E-state index in [4.69, 9.17) is 5.26 Å². The summed E-state index contributed by atoms with van der Waals surface area (Å²) in [4.78, 5) is 0. The van der Waals surface area contributed by atoms with Crippen molar-refractivity contribution in [3.8, 4) is 6.07 Å². The summed E-state index contributed by atoms with van der Waals surface area (Å²) in [7, 11) is 0. The first kappa shape index (κ1) is 15.8. The molecule has 0 saturated heterocycles. The maximum atomic E-state index is 8.85. The molecule has 0 fully saturated rings. The van der Waals surface area contributed by atoms with Crippen LogP contribution in [0.25, 0.3) is 0 Å². The average molecular weight is 257 g/mol. The van der Waals surface area contributed by atoms with Crippen molar-refractivity contribution in [2.24, 2.45) is 5.92 Å². The van der Waals surface area contributed by atoms with Crippen LogP contribution in [0, 0.1) is 17.2 Å². The molecule has 1 atom stereocenters. The van der Waals surface area contributed by atoms with Gasteiger partial charge < -0.3 is 0 Å². The van der Waals surface area contributed by atoms with Gasteiger partial charge in [-0.3, -0.25) is 0 Å². The molecule has 1 aliphatic carbocycles. The van der Waals surface area contributed by atoms with E-state index < -0.39 is 0 Å². The molecule has 1 heteroatoms. The first-order valence-electron chi connectivity index (χ1n) is 7.48. The van der Waals surface area contributed by atoms with Crippen LogP contribution in [0.1, 0.15) is 65.7 Å². The summed E-state index contributed by atoms with van der Waals surface area (Å²) in [6.07, 6.45) is 14.8. The van der Waals surface area contributed by atoms with E-state index >= 15 is 0 Å². The van der Waals surface area contributed by atoms with Gasteiger partial charge in [-0.15, -0.1) is 0 Å². The fraction of sp³-hybridized carbons (Fsp3) is 0.611. The normalized spacial score (nSPS) is 19.6. The smallest absolute Gasteiger partial charge is 0.0659 e. The largest absolute Gasteiger partial charge is 0.198 e. The molecule has 0 aliphatic heterocycles. The molecule has 0 aromatic rings. The quantitative estimate of drug-likeness (QED) is 0.559. The second kappa shape index (κ2) is 8.75. The molecular weight excluding hydrogens is 230 g/mol. The van der Waals surface area contributed by atoms with Gasteiger partial charge in [-0.1, -0.05) is 34.9 Å². The summed E-state index contributed by atoms with van der Waals surface area (Å²) in [5.74, 6) is 0.269. The van der Waals surface area contributed by atoms with Crippen LogP contribution in [0.5, 0.6) is 0 Å². The molecule has 1 rings (SSSR count). The van der Waals surface area contributed by atoms with Gasteiger partial charge in [0.25, 0.3) is 0 Å². The predicted molar refractivity (Wildman–Crippen MR) is 82.7 cm³/mol. The van der Waals surface area contributed by atoms with Crippen molar-refractivity contribution in [1.29, 1.82) is 5.26 Å². The summed E-state index contributed by atoms with van der Waals surface area (Å²) in [5, 5.41) is 8.85. The lowest BCUT2D eigenvalue weighted by Crippen LogP contribution is -2.02. The van der Waals surface area contributed by atoms with Gasteiger partial charge in [0.15, 0.2) is 0 Å². The van der Waals surface area contributed by atoms with E-state index in [0.29, 0.717) is 0 Å². The van der Waals surface area contributed by atoms with E-state index in [1.165, 1.54) is 24.0 Å². The van der Waals surface area contributed by atoms with Crippen LogP contribution in [0.4, 0.5) is 0 Å². The standard InChI is InChI=1S/C18H27N/c1-15(2)6-4-7-16(3)8-5-9-17-10-12-18(14-19)13-11-17/h6,8,10,18H,4-5,7,9,11-13H2,1-3H3. The van der Waals surface area contributed by atoms with Gasteiger partial charge in [0.05, 0.1) is 12.0 Å². The number of nitriles is 1. The van der Waals surface area contributed by atoms with Crippen LogP contribution in [-0.2, 0) is 0 Å². The summed E-state index contributed by atoms with van der Waals surface area (Å²) < 4.78 is 0. The molecule has 1 unspecified atom stereocenters. The molecular formula is C18H27N. The molecule has 19 heavy (non-hydrogen) atoms. The highest BCUT2D eigenvalue weighted by Crippen LogP contribution is 2.26. The molecule has 1 nitrogen and oxygen atoms in total. The highest BCUT2D eigenvalue weighted by molar-refractivity contribution is 5.11. The molecule has 104 valence electrons. The fourth-order valence-corrected chi connectivity index (χ4v) is 2.43. The topological polar surface area (TPSA) is 23.8 Å². The lowest BCUT2D eigenvalue weighted by molar-refractivity contribution is 0.567. The van der Waals surface area contributed by atoms with E-state index in [1.807, 2.05) is 0 Å². The third-order valence-corrected chi connectivity index (χ3v) is 3.74. The Labute approximate surface area is 118 Å². The minimum atomic E-state index is 0.269. The molecule has 1 aliphatic rings. The molecule has 0 aromatic carbocycles. The van der Waals surface area contributed by atoms with E-state index in [0.717, 1.165) is 32.1 Å². The first-order chi connectivity index (χ1) is 9.11. The van der Waals surface area contributed by atoms with Gasteiger partial charge >= 0.3 is 0 Å². The predicted octanol–water partition coefficient (Wildman–Crippen LogP) is 5.71.